The number of benzene rings is 1. The number of nitrogens with one attached hydrogen (secondary N) is 2. The van der Waals surface area contributed by atoms with Gasteiger partial charge in [-0.15, -0.1) is 11.3 Å². The number of fused-ring (bicyclic) bond motifs is 1. The monoisotopic (exact) mass is 442 g/mol. The van der Waals surface area contributed by atoms with Crippen LogP contribution >= 0.6 is 34.5 Å². The van der Waals surface area contributed by atoms with Crippen LogP contribution < -0.4 is 14.9 Å². The fourth-order valence-electron chi connectivity index (χ4n) is 2.95. The average molecular weight is 443 g/mol. The van der Waals surface area contributed by atoms with Gasteiger partial charge in [0, 0.05) is 42.5 Å². The van der Waals surface area contributed by atoms with Crippen molar-refractivity contribution in [2.24, 2.45) is 0 Å². The number of pyridine rings is 1. The Balaban J connectivity index is 1.69. The lowest BCUT2D eigenvalue weighted by Gasteiger charge is -2.28. The minimum atomic E-state index is -3.74. The second kappa shape index (κ2) is 7.44. The summed E-state index contributed by atoms with van der Waals surface area (Å²) in [6.45, 7) is 3.44. The third-order valence-electron chi connectivity index (χ3n) is 4.26. The molecule has 1 aliphatic heterocycles. The molecule has 27 heavy (non-hydrogen) atoms. The highest BCUT2D eigenvalue weighted by Crippen LogP contribution is 2.35. The van der Waals surface area contributed by atoms with Crippen LogP contribution in [0.2, 0.25) is 10.0 Å². The molecular formula is C17H16Cl2N4O2S2. The zero-order chi connectivity index (χ0) is 19.0. The van der Waals surface area contributed by atoms with Gasteiger partial charge in [0.15, 0.2) is 0 Å². The first-order valence-corrected chi connectivity index (χ1v) is 11.3. The smallest absolute Gasteiger partial charge is 0.271 e. The number of aromatic nitrogens is 1. The summed E-state index contributed by atoms with van der Waals surface area (Å²) in [6, 6.07) is 8.14. The van der Waals surface area contributed by atoms with E-state index in [0.29, 0.717) is 15.7 Å². The molecule has 6 nitrogen and oxygen atoms in total. The van der Waals surface area contributed by atoms with E-state index in [4.69, 9.17) is 23.2 Å². The number of rotatable bonds is 4. The van der Waals surface area contributed by atoms with Gasteiger partial charge >= 0.3 is 0 Å². The Morgan fingerprint density at radius 3 is 2.63 bits per heavy atom. The Hall–Kier alpha value is -1.58. The zero-order valence-electron chi connectivity index (χ0n) is 14.1. The van der Waals surface area contributed by atoms with E-state index >= 15 is 0 Å². The predicted octanol–water partition coefficient (Wildman–Crippen LogP) is 3.81. The molecule has 0 amide bonds. The third-order valence-corrected chi connectivity index (χ3v) is 7.95. The molecule has 3 aromatic rings. The maximum Gasteiger partial charge on any atom is 0.271 e. The normalized spacial score (nSPS) is 15.3. The largest absolute Gasteiger partial charge is 0.354 e. The van der Waals surface area contributed by atoms with Gasteiger partial charge in [-0.2, -0.15) is 0 Å². The van der Waals surface area contributed by atoms with E-state index in [-0.39, 0.29) is 4.21 Å². The number of halogens is 2. The minimum absolute atomic E-state index is 0.230. The fourth-order valence-corrected chi connectivity index (χ4v) is 5.68. The van der Waals surface area contributed by atoms with Crippen molar-refractivity contribution >= 4 is 66.2 Å². The van der Waals surface area contributed by atoms with Crippen molar-refractivity contribution < 1.29 is 8.42 Å². The van der Waals surface area contributed by atoms with Crippen LogP contribution in [0.3, 0.4) is 0 Å². The van der Waals surface area contributed by atoms with Crippen molar-refractivity contribution in [3.8, 4) is 0 Å². The number of piperazine rings is 1. The summed E-state index contributed by atoms with van der Waals surface area (Å²) in [5, 5.41) is 4.81. The summed E-state index contributed by atoms with van der Waals surface area (Å²) in [6.07, 6.45) is 1.72. The van der Waals surface area contributed by atoms with Gasteiger partial charge in [-0.1, -0.05) is 23.2 Å². The topological polar surface area (TPSA) is 74.3 Å². The van der Waals surface area contributed by atoms with Gasteiger partial charge in [-0.05, 0) is 30.3 Å². The molecular weight excluding hydrogens is 427 g/mol. The van der Waals surface area contributed by atoms with E-state index in [1.807, 2.05) is 6.07 Å². The fraction of sp³-hybridized carbons (Fsp3) is 0.235. The molecule has 1 aliphatic rings. The molecule has 3 heterocycles. The van der Waals surface area contributed by atoms with E-state index in [1.54, 1.807) is 24.4 Å². The quantitative estimate of drug-likeness (QED) is 0.642. The maximum atomic E-state index is 12.8. The van der Waals surface area contributed by atoms with Gasteiger partial charge in [0.05, 0.1) is 15.7 Å². The van der Waals surface area contributed by atoms with Gasteiger partial charge in [-0.25, -0.2) is 13.4 Å². The molecule has 2 aromatic heterocycles. The highest BCUT2D eigenvalue weighted by molar-refractivity contribution is 7.94. The maximum absolute atomic E-state index is 12.8. The molecule has 4 rings (SSSR count). The molecule has 0 radical (unpaired) electrons. The first-order chi connectivity index (χ1) is 12.9. The zero-order valence-corrected chi connectivity index (χ0v) is 17.2. The van der Waals surface area contributed by atoms with E-state index in [9.17, 15) is 8.42 Å². The Bertz CT molecular complexity index is 1100. The van der Waals surface area contributed by atoms with E-state index in [2.05, 4.69) is 19.9 Å². The Morgan fingerprint density at radius 2 is 1.89 bits per heavy atom. The molecule has 1 aromatic carbocycles. The SMILES string of the molecule is O=S(=O)(Nc1ccc(Cl)c(Cl)c1)c1cc2c(N3CCNCC3)nccc2s1. The number of thiophene rings is 1. The molecule has 142 valence electrons. The second-order valence-corrected chi connectivity index (χ2v) is 9.89. The van der Waals surface area contributed by atoms with Crippen molar-refractivity contribution in [1.82, 2.24) is 10.3 Å². The van der Waals surface area contributed by atoms with Crippen molar-refractivity contribution in [2.75, 3.05) is 35.8 Å². The van der Waals surface area contributed by atoms with Gasteiger partial charge in [0.2, 0.25) is 0 Å². The molecule has 0 atom stereocenters. The van der Waals surface area contributed by atoms with Crippen molar-refractivity contribution in [1.29, 1.82) is 0 Å². The standard InChI is InChI=1S/C17H16Cl2N4O2S2/c18-13-2-1-11(9-14(13)19)22-27(24,25)16-10-12-15(26-16)3-4-21-17(12)23-7-5-20-6-8-23/h1-4,9-10,20,22H,5-8H2. The van der Waals surface area contributed by atoms with Gasteiger partial charge in [0.1, 0.15) is 10.0 Å². The average Bonchev–Trinajstić information content (AvgIpc) is 3.11. The third kappa shape index (κ3) is 3.86. The van der Waals surface area contributed by atoms with Gasteiger partial charge in [0.25, 0.3) is 10.0 Å². The number of nitrogens with zero attached hydrogens (tertiary/aromatic N) is 2. The number of anilines is 2. The Labute approximate surface area is 171 Å². The molecule has 10 heteroatoms. The molecule has 0 bridgehead atoms. The molecule has 0 unspecified atom stereocenters. The van der Waals surface area contributed by atoms with Crippen molar-refractivity contribution in [3.63, 3.8) is 0 Å². The number of hydrogen-bond donors (Lipinski definition) is 2. The first kappa shape index (κ1) is 18.8. The van der Waals surface area contributed by atoms with Crippen molar-refractivity contribution in [2.45, 2.75) is 4.21 Å². The van der Waals surface area contributed by atoms with Crippen LogP contribution in [0.4, 0.5) is 11.5 Å². The van der Waals surface area contributed by atoms with Gasteiger partial charge < -0.3 is 10.2 Å². The van der Waals surface area contributed by atoms with Crippen LogP contribution in [0.15, 0.2) is 40.7 Å². The summed E-state index contributed by atoms with van der Waals surface area (Å²) in [5.74, 6) is 0.821. The number of sulfonamides is 1. The Kier molecular flexibility index (Phi) is 5.17. The van der Waals surface area contributed by atoms with Crippen LogP contribution in [0.25, 0.3) is 10.1 Å². The van der Waals surface area contributed by atoms with Crippen LogP contribution in [0, 0.1) is 0 Å². The minimum Gasteiger partial charge on any atom is -0.354 e. The molecule has 0 saturated carbocycles. The summed E-state index contributed by atoms with van der Waals surface area (Å²) in [5.41, 5.74) is 0.363. The highest BCUT2D eigenvalue weighted by Gasteiger charge is 2.22. The lowest BCUT2D eigenvalue weighted by atomic mass is 10.2. The summed E-state index contributed by atoms with van der Waals surface area (Å²) in [7, 11) is -3.74. The number of hydrogen-bond acceptors (Lipinski definition) is 6. The summed E-state index contributed by atoms with van der Waals surface area (Å²) in [4.78, 5) is 6.66. The van der Waals surface area contributed by atoms with Crippen LogP contribution in [-0.2, 0) is 10.0 Å². The molecule has 0 aliphatic carbocycles. The predicted molar refractivity (Wildman–Crippen MR) is 112 cm³/mol. The second-order valence-electron chi connectivity index (χ2n) is 6.08. The molecule has 1 saturated heterocycles. The van der Waals surface area contributed by atoms with E-state index < -0.39 is 10.0 Å². The summed E-state index contributed by atoms with van der Waals surface area (Å²) >= 11 is 13.1. The van der Waals surface area contributed by atoms with Crippen LogP contribution in [-0.4, -0.2) is 39.6 Å². The first-order valence-electron chi connectivity index (χ1n) is 8.26. The van der Waals surface area contributed by atoms with E-state index in [1.165, 1.54) is 17.4 Å². The van der Waals surface area contributed by atoms with Crippen molar-refractivity contribution in [3.05, 3.63) is 46.6 Å². The van der Waals surface area contributed by atoms with Crippen LogP contribution in [0.5, 0.6) is 0 Å². The van der Waals surface area contributed by atoms with Gasteiger partial charge in [-0.3, -0.25) is 4.72 Å². The van der Waals surface area contributed by atoms with E-state index in [0.717, 1.165) is 42.1 Å². The molecule has 0 spiro atoms. The van der Waals surface area contributed by atoms with Crippen LogP contribution in [0.1, 0.15) is 0 Å². The summed E-state index contributed by atoms with van der Waals surface area (Å²) < 4.78 is 29.3. The highest BCUT2D eigenvalue weighted by atomic mass is 35.5. The lowest BCUT2D eigenvalue weighted by Crippen LogP contribution is -2.43. The Morgan fingerprint density at radius 1 is 1.11 bits per heavy atom. The molecule has 1 fully saturated rings. The molecule has 2 N–H and O–H groups in total. The lowest BCUT2D eigenvalue weighted by molar-refractivity contribution is 0.586.